The average molecular weight is 421 g/mol. The highest BCUT2D eigenvalue weighted by Crippen LogP contribution is 2.34. The minimum Gasteiger partial charge on any atom is -0.481 e. The zero-order chi connectivity index (χ0) is 21.8. The van der Waals surface area contributed by atoms with Crippen molar-refractivity contribution in [2.24, 2.45) is 5.92 Å². The van der Waals surface area contributed by atoms with Gasteiger partial charge in [0.2, 0.25) is 0 Å². The highest BCUT2D eigenvalue weighted by molar-refractivity contribution is 5.93. The maximum atomic E-state index is 14.4. The number of pyridine rings is 1. The first-order valence-corrected chi connectivity index (χ1v) is 8.88. The monoisotopic (exact) mass is 421 g/mol. The Morgan fingerprint density at radius 3 is 2.60 bits per heavy atom. The second-order valence-corrected chi connectivity index (χ2v) is 7.00. The summed E-state index contributed by atoms with van der Waals surface area (Å²) in [6, 6.07) is 0.315. The fourth-order valence-corrected chi connectivity index (χ4v) is 3.22. The van der Waals surface area contributed by atoms with E-state index in [1.54, 1.807) is 6.92 Å². The Morgan fingerprint density at radius 2 is 1.93 bits per heavy atom. The van der Waals surface area contributed by atoms with E-state index in [4.69, 9.17) is 0 Å². The molecule has 0 fully saturated rings. The normalized spacial score (nSPS) is 14.3. The molecule has 0 aromatic carbocycles. The van der Waals surface area contributed by atoms with Crippen LogP contribution in [0.15, 0.2) is 30.9 Å². The van der Waals surface area contributed by atoms with Gasteiger partial charge in [0.25, 0.3) is 0 Å². The maximum Gasteiger partial charge on any atom is 0.417 e. The van der Waals surface area contributed by atoms with Crippen LogP contribution in [0.25, 0.3) is 33.5 Å². The van der Waals surface area contributed by atoms with Gasteiger partial charge in [-0.3, -0.25) is 4.79 Å². The van der Waals surface area contributed by atoms with Crippen LogP contribution in [0.2, 0.25) is 0 Å². The van der Waals surface area contributed by atoms with Crippen LogP contribution in [-0.2, 0) is 11.0 Å². The number of aromatic nitrogens is 5. The first-order chi connectivity index (χ1) is 14.1. The second-order valence-electron chi connectivity index (χ2n) is 7.00. The number of aliphatic carboxylic acids is 1. The molecule has 0 saturated carbocycles. The summed E-state index contributed by atoms with van der Waals surface area (Å²) in [5.74, 6) is -2.45. The van der Waals surface area contributed by atoms with Crippen molar-refractivity contribution < 1.29 is 27.5 Å². The van der Waals surface area contributed by atoms with Crippen molar-refractivity contribution in [2.45, 2.75) is 26.1 Å². The van der Waals surface area contributed by atoms with Gasteiger partial charge in [0.1, 0.15) is 11.3 Å². The summed E-state index contributed by atoms with van der Waals surface area (Å²) in [5.41, 5.74) is -0.295. The number of carboxylic acid groups (broad SMARTS) is 1. The summed E-state index contributed by atoms with van der Waals surface area (Å²) in [5, 5.41) is 9.51. The largest absolute Gasteiger partial charge is 0.481 e. The molecule has 0 aliphatic carbocycles. The van der Waals surface area contributed by atoms with Crippen molar-refractivity contribution in [3.63, 3.8) is 0 Å². The van der Waals surface area contributed by atoms with Crippen LogP contribution in [-0.4, -0.2) is 35.6 Å². The zero-order valence-corrected chi connectivity index (χ0v) is 15.7. The quantitative estimate of drug-likeness (QED) is 0.476. The summed E-state index contributed by atoms with van der Waals surface area (Å²) in [7, 11) is 0. The molecule has 0 unspecified atom stereocenters. The lowest BCUT2D eigenvalue weighted by Gasteiger charge is -2.18. The Morgan fingerprint density at radius 1 is 1.20 bits per heavy atom. The van der Waals surface area contributed by atoms with Crippen LogP contribution in [0.4, 0.5) is 17.6 Å². The summed E-state index contributed by atoms with van der Waals surface area (Å²) in [4.78, 5) is 26.3. The third kappa shape index (κ3) is 3.15. The molecule has 0 aliphatic rings. The van der Waals surface area contributed by atoms with Gasteiger partial charge in [-0.1, -0.05) is 0 Å². The van der Waals surface area contributed by atoms with Gasteiger partial charge in [0.05, 0.1) is 16.9 Å². The summed E-state index contributed by atoms with van der Waals surface area (Å²) in [6.07, 6.45) is -0.0534. The maximum absolute atomic E-state index is 14.4. The summed E-state index contributed by atoms with van der Waals surface area (Å²) < 4.78 is 55.0. The number of fused-ring (bicyclic) bond motifs is 2. The average Bonchev–Trinajstić information content (AvgIpc) is 3.26. The summed E-state index contributed by atoms with van der Waals surface area (Å²) in [6.45, 7) is 3.10. The summed E-state index contributed by atoms with van der Waals surface area (Å²) >= 11 is 0. The van der Waals surface area contributed by atoms with Crippen molar-refractivity contribution in [3.8, 4) is 11.4 Å². The lowest BCUT2D eigenvalue weighted by Crippen LogP contribution is -2.21. The number of H-pyrrole nitrogens is 1. The molecule has 4 heterocycles. The van der Waals surface area contributed by atoms with Crippen molar-refractivity contribution >= 4 is 28.0 Å². The van der Waals surface area contributed by atoms with Crippen LogP contribution in [0, 0.1) is 11.7 Å². The lowest BCUT2D eigenvalue weighted by atomic mass is 10.0. The van der Waals surface area contributed by atoms with Crippen molar-refractivity contribution in [3.05, 3.63) is 42.2 Å². The molecule has 0 bridgehead atoms. The number of carboxylic acids is 1. The minimum absolute atomic E-state index is 0.0596. The van der Waals surface area contributed by atoms with E-state index in [0.29, 0.717) is 0 Å². The smallest absolute Gasteiger partial charge is 0.417 e. The number of carbonyl (C=O) groups is 1. The molecule has 4 aromatic rings. The predicted molar refractivity (Wildman–Crippen MR) is 99.1 cm³/mol. The molecule has 0 aliphatic heterocycles. The van der Waals surface area contributed by atoms with E-state index >= 15 is 0 Å². The van der Waals surface area contributed by atoms with E-state index in [0.717, 1.165) is 18.5 Å². The molecule has 30 heavy (non-hydrogen) atoms. The third-order valence-corrected chi connectivity index (χ3v) is 5.17. The van der Waals surface area contributed by atoms with Crippen molar-refractivity contribution in [1.82, 2.24) is 24.5 Å². The topological polar surface area (TPSA) is 96.7 Å². The lowest BCUT2D eigenvalue weighted by molar-refractivity contribution is -0.142. The molecule has 0 saturated heterocycles. The number of aromatic amines is 1. The minimum atomic E-state index is -4.57. The first kappa shape index (κ1) is 19.8. The number of nitrogens with one attached hydrogen (secondary N) is 1. The molecule has 4 rings (SSSR count). The van der Waals surface area contributed by atoms with E-state index in [2.05, 4.69) is 19.9 Å². The molecule has 0 amide bonds. The number of alkyl halides is 3. The number of hydrogen-bond donors (Lipinski definition) is 2. The molecule has 11 heteroatoms. The molecule has 2 atom stereocenters. The number of hydrogen-bond acceptors (Lipinski definition) is 4. The van der Waals surface area contributed by atoms with Gasteiger partial charge in [0, 0.05) is 41.8 Å². The molecular formula is C19H15F4N5O2. The third-order valence-electron chi connectivity index (χ3n) is 5.17. The van der Waals surface area contributed by atoms with E-state index in [1.807, 2.05) is 0 Å². The molecule has 2 N–H and O–H groups in total. The molecule has 4 aromatic heterocycles. The standard InChI is InChI=1S/C19H15F4N5O2/c1-8(18(29)30)9(2)28-7-14(20)13-6-26-16(27-17(13)28)12-5-25-15-11(12)3-10(4-24-15)19(21,22)23/h3-9H,1-2H3,(H,24,25)(H,29,30)/t8-,9-/m1/s1. The molecule has 156 valence electrons. The van der Waals surface area contributed by atoms with Crippen LogP contribution in [0.3, 0.4) is 0 Å². The van der Waals surface area contributed by atoms with Gasteiger partial charge < -0.3 is 14.7 Å². The van der Waals surface area contributed by atoms with E-state index < -0.39 is 35.5 Å². The Bertz CT molecular complexity index is 1280. The fourth-order valence-electron chi connectivity index (χ4n) is 3.22. The van der Waals surface area contributed by atoms with Crippen LogP contribution < -0.4 is 0 Å². The zero-order valence-electron chi connectivity index (χ0n) is 15.7. The Balaban J connectivity index is 1.88. The number of nitrogens with zero attached hydrogens (tertiary/aromatic N) is 4. The van der Waals surface area contributed by atoms with Crippen LogP contribution in [0.1, 0.15) is 25.5 Å². The predicted octanol–water partition coefficient (Wildman–Crippen LogP) is 4.41. The van der Waals surface area contributed by atoms with Crippen LogP contribution in [0.5, 0.6) is 0 Å². The van der Waals surface area contributed by atoms with Gasteiger partial charge in [0.15, 0.2) is 11.6 Å². The van der Waals surface area contributed by atoms with E-state index in [1.165, 1.54) is 23.9 Å². The Labute approximate surface area is 166 Å². The van der Waals surface area contributed by atoms with E-state index in [9.17, 15) is 27.5 Å². The second kappa shape index (κ2) is 6.78. The molecule has 0 radical (unpaired) electrons. The van der Waals surface area contributed by atoms with Gasteiger partial charge in [-0.05, 0) is 19.9 Å². The van der Waals surface area contributed by atoms with E-state index in [-0.39, 0.29) is 33.5 Å². The van der Waals surface area contributed by atoms with Gasteiger partial charge in [-0.25, -0.2) is 19.3 Å². The van der Waals surface area contributed by atoms with Crippen molar-refractivity contribution in [2.75, 3.05) is 0 Å². The fraction of sp³-hybridized carbons (Fsp3) is 0.263. The molecular weight excluding hydrogens is 406 g/mol. The molecule has 0 spiro atoms. The Hall–Kier alpha value is -3.50. The number of halogens is 4. The Kier molecular flexibility index (Phi) is 4.48. The van der Waals surface area contributed by atoms with Crippen LogP contribution >= 0.6 is 0 Å². The molecule has 7 nitrogen and oxygen atoms in total. The number of rotatable bonds is 4. The van der Waals surface area contributed by atoms with Gasteiger partial charge >= 0.3 is 12.1 Å². The SMILES string of the molecule is C[C@H]([C@@H](C)C(=O)O)n1cc(F)c2cnc(-c3c[nH]c4ncc(C(F)(F)F)cc34)nc21. The van der Waals surface area contributed by atoms with Crippen molar-refractivity contribution in [1.29, 1.82) is 0 Å². The van der Waals surface area contributed by atoms with Gasteiger partial charge in [-0.2, -0.15) is 13.2 Å². The highest BCUT2D eigenvalue weighted by Gasteiger charge is 2.32. The first-order valence-electron chi connectivity index (χ1n) is 8.88. The van der Waals surface area contributed by atoms with Gasteiger partial charge in [-0.15, -0.1) is 0 Å². The highest BCUT2D eigenvalue weighted by atomic mass is 19.4.